The van der Waals surface area contributed by atoms with Gasteiger partial charge >= 0.3 is 0 Å². The maximum atomic E-state index is 13.1. The van der Waals surface area contributed by atoms with Crippen LogP contribution in [-0.2, 0) is 14.8 Å². The van der Waals surface area contributed by atoms with E-state index in [0.717, 1.165) is 18.4 Å². The molecule has 0 bridgehead atoms. The molecule has 3 aromatic rings. The first-order chi connectivity index (χ1) is 14.6. The highest BCUT2D eigenvalue weighted by Crippen LogP contribution is 2.26. The molecule has 0 saturated carbocycles. The molecule has 1 aromatic heterocycles. The number of hydrogen-bond acceptors (Lipinski definition) is 5. The summed E-state index contributed by atoms with van der Waals surface area (Å²) in [6, 6.07) is 17.0. The Labute approximate surface area is 175 Å². The smallest absolute Gasteiger partial charge is 0.243 e. The highest BCUT2D eigenvalue weighted by Gasteiger charge is 2.37. The predicted octanol–water partition coefficient (Wildman–Crippen LogP) is 3.33. The predicted molar refractivity (Wildman–Crippen MR) is 114 cm³/mol. The van der Waals surface area contributed by atoms with E-state index in [1.165, 1.54) is 16.7 Å². The first-order valence-corrected chi connectivity index (χ1v) is 11.2. The molecule has 7 nitrogen and oxygen atoms in total. The minimum Gasteiger partial charge on any atom is -0.322 e. The summed E-state index contributed by atoms with van der Waals surface area (Å²) in [5.74, 6) is 0.185. The Hall–Kier alpha value is -3.10. The van der Waals surface area contributed by atoms with Crippen molar-refractivity contribution >= 4 is 21.6 Å². The molecule has 1 aliphatic rings. The molecule has 1 saturated heterocycles. The van der Waals surface area contributed by atoms with Crippen molar-refractivity contribution in [3.8, 4) is 11.4 Å². The van der Waals surface area contributed by atoms with E-state index in [1.54, 1.807) is 30.3 Å². The topological polar surface area (TPSA) is 92.3 Å². The van der Waals surface area contributed by atoms with Crippen molar-refractivity contribution in [2.75, 3.05) is 11.9 Å². The highest BCUT2D eigenvalue weighted by atomic mass is 32.2. The third kappa shape index (κ3) is 4.24. The second kappa shape index (κ2) is 8.73. The molecule has 30 heavy (non-hydrogen) atoms. The SMILES string of the molecule is O=C(Nc1cnc(-c2ccccc2)nc1)[C@H]1CCCCN1S(=O)(=O)c1ccccc1. The lowest BCUT2D eigenvalue weighted by Crippen LogP contribution is -2.49. The molecular formula is C22H22N4O3S. The Morgan fingerprint density at radius 2 is 1.57 bits per heavy atom. The molecule has 2 aromatic carbocycles. The van der Waals surface area contributed by atoms with Crippen molar-refractivity contribution in [1.82, 2.24) is 14.3 Å². The van der Waals surface area contributed by atoms with Gasteiger partial charge in [0.1, 0.15) is 6.04 Å². The van der Waals surface area contributed by atoms with Gasteiger partial charge in [-0.05, 0) is 25.0 Å². The maximum Gasteiger partial charge on any atom is 0.243 e. The van der Waals surface area contributed by atoms with Crippen LogP contribution in [0, 0.1) is 0 Å². The number of carbonyl (C=O) groups excluding carboxylic acids is 1. The summed E-state index contributed by atoms with van der Waals surface area (Å²) in [6.45, 7) is 0.318. The fourth-order valence-corrected chi connectivity index (χ4v) is 5.21. The van der Waals surface area contributed by atoms with Gasteiger partial charge < -0.3 is 5.32 Å². The standard InChI is InChI=1S/C22H22N4O3S/c27-22(25-18-15-23-21(24-16-18)17-9-3-1-4-10-17)20-13-7-8-14-26(20)30(28,29)19-11-5-2-6-12-19/h1-6,9-12,15-16,20H,7-8,13-14H2,(H,25,27)/t20-/m1/s1. The van der Waals surface area contributed by atoms with Gasteiger partial charge in [-0.1, -0.05) is 55.0 Å². The molecule has 0 radical (unpaired) electrons. The number of rotatable bonds is 5. The largest absolute Gasteiger partial charge is 0.322 e. The van der Waals surface area contributed by atoms with E-state index in [-0.39, 0.29) is 10.8 Å². The van der Waals surface area contributed by atoms with E-state index in [4.69, 9.17) is 0 Å². The number of piperidine rings is 1. The minimum absolute atomic E-state index is 0.195. The van der Waals surface area contributed by atoms with E-state index < -0.39 is 16.1 Å². The van der Waals surface area contributed by atoms with Crippen molar-refractivity contribution in [1.29, 1.82) is 0 Å². The van der Waals surface area contributed by atoms with E-state index in [1.807, 2.05) is 30.3 Å². The molecule has 2 heterocycles. The molecule has 1 atom stereocenters. The third-order valence-electron chi connectivity index (χ3n) is 5.06. The van der Waals surface area contributed by atoms with Crippen LogP contribution in [0.5, 0.6) is 0 Å². The van der Waals surface area contributed by atoms with Crippen molar-refractivity contribution < 1.29 is 13.2 Å². The molecule has 1 fully saturated rings. The Morgan fingerprint density at radius 3 is 2.23 bits per heavy atom. The minimum atomic E-state index is -3.75. The molecule has 4 rings (SSSR count). The maximum absolute atomic E-state index is 13.1. The van der Waals surface area contributed by atoms with Crippen LogP contribution < -0.4 is 5.32 Å². The summed E-state index contributed by atoms with van der Waals surface area (Å²) >= 11 is 0. The second-order valence-electron chi connectivity index (χ2n) is 7.09. The summed E-state index contributed by atoms with van der Waals surface area (Å²) in [7, 11) is -3.75. The number of hydrogen-bond donors (Lipinski definition) is 1. The summed E-state index contributed by atoms with van der Waals surface area (Å²) in [4.78, 5) is 21.7. The fourth-order valence-electron chi connectivity index (χ4n) is 3.54. The van der Waals surface area contributed by atoms with Crippen molar-refractivity contribution in [3.63, 3.8) is 0 Å². The van der Waals surface area contributed by atoms with Crippen LogP contribution >= 0.6 is 0 Å². The first kappa shape index (κ1) is 20.2. The van der Waals surface area contributed by atoms with Crippen molar-refractivity contribution in [3.05, 3.63) is 73.1 Å². The average molecular weight is 423 g/mol. The van der Waals surface area contributed by atoms with Crippen LogP contribution in [0.4, 0.5) is 5.69 Å². The Balaban J connectivity index is 1.51. The zero-order valence-corrected chi connectivity index (χ0v) is 17.1. The normalized spacial score (nSPS) is 17.4. The second-order valence-corrected chi connectivity index (χ2v) is 8.98. The first-order valence-electron chi connectivity index (χ1n) is 9.81. The van der Waals surface area contributed by atoms with E-state index in [9.17, 15) is 13.2 Å². The lowest BCUT2D eigenvalue weighted by molar-refractivity contribution is -0.120. The number of anilines is 1. The van der Waals surface area contributed by atoms with Crippen LogP contribution in [-0.4, -0.2) is 41.2 Å². The Morgan fingerprint density at radius 1 is 0.933 bits per heavy atom. The number of aromatic nitrogens is 2. The summed E-state index contributed by atoms with van der Waals surface area (Å²) < 4.78 is 27.5. The van der Waals surface area contributed by atoms with Crippen LogP contribution in [0.1, 0.15) is 19.3 Å². The Bertz CT molecular complexity index is 1100. The van der Waals surface area contributed by atoms with Crippen LogP contribution in [0.3, 0.4) is 0 Å². The molecule has 1 amide bonds. The van der Waals surface area contributed by atoms with Gasteiger partial charge in [-0.3, -0.25) is 4.79 Å². The van der Waals surface area contributed by atoms with Crippen molar-refractivity contribution in [2.24, 2.45) is 0 Å². The number of sulfonamides is 1. The van der Waals surface area contributed by atoms with E-state index in [0.29, 0.717) is 24.5 Å². The number of nitrogens with zero attached hydrogens (tertiary/aromatic N) is 3. The van der Waals surface area contributed by atoms with Gasteiger partial charge in [0, 0.05) is 12.1 Å². The molecule has 0 aliphatic carbocycles. The highest BCUT2D eigenvalue weighted by molar-refractivity contribution is 7.89. The van der Waals surface area contributed by atoms with Crippen molar-refractivity contribution in [2.45, 2.75) is 30.2 Å². The van der Waals surface area contributed by atoms with Gasteiger partial charge in [-0.15, -0.1) is 0 Å². The Kier molecular flexibility index (Phi) is 5.87. The van der Waals surface area contributed by atoms with Gasteiger partial charge in [0.05, 0.1) is 23.0 Å². The molecule has 1 aliphatic heterocycles. The van der Waals surface area contributed by atoms with Gasteiger partial charge in [0.15, 0.2) is 5.82 Å². The lowest BCUT2D eigenvalue weighted by Gasteiger charge is -2.33. The van der Waals surface area contributed by atoms with Crippen LogP contribution in [0.2, 0.25) is 0 Å². The van der Waals surface area contributed by atoms with Crippen LogP contribution in [0.15, 0.2) is 78.0 Å². The molecule has 154 valence electrons. The molecule has 8 heteroatoms. The van der Waals surface area contributed by atoms with Gasteiger partial charge in [0.2, 0.25) is 15.9 Å². The fraction of sp³-hybridized carbons (Fsp3) is 0.227. The molecule has 0 spiro atoms. The molecular weight excluding hydrogens is 400 g/mol. The average Bonchev–Trinajstić information content (AvgIpc) is 2.81. The van der Waals surface area contributed by atoms with Gasteiger partial charge in [-0.2, -0.15) is 4.31 Å². The summed E-state index contributed by atoms with van der Waals surface area (Å²) in [6.07, 6.45) is 5.06. The number of nitrogens with one attached hydrogen (secondary N) is 1. The van der Waals surface area contributed by atoms with Gasteiger partial charge in [0.25, 0.3) is 0 Å². The zero-order chi connectivity index (χ0) is 21.0. The molecule has 0 unspecified atom stereocenters. The number of carbonyl (C=O) groups is 1. The quantitative estimate of drug-likeness (QED) is 0.681. The van der Waals surface area contributed by atoms with E-state index >= 15 is 0 Å². The third-order valence-corrected chi connectivity index (χ3v) is 6.98. The molecule has 1 N–H and O–H groups in total. The van der Waals surface area contributed by atoms with Gasteiger partial charge in [-0.25, -0.2) is 18.4 Å². The van der Waals surface area contributed by atoms with Crippen LogP contribution in [0.25, 0.3) is 11.4 Å². The summed E-state index contributed by atoms with van der Waals surface area (Å²) in [5, 5.41) is 2.77. The zero-order valence-electron chi connectivity index (χ0n) is 16.3. The monoisotopic (exact) mass is 422 g/mol. The number of amides is 1. The summed E-state index contributed by atoms with van der Waals surface area (Å²) in [5.41, 5.74) is 1.31. The number of benzene rings is 2. The van der Waals surface area contributed by atoms with E-state index in [2.05, 4.69) is 15.3 Å². The lowest BCUT2D eigenvalue weighted by atomic mass is 10.0.